The maximum atomic E-state index is 12.3. The number of methoxy groups -OCH3 is 3. The van der Waals surface area contributed by atoms with Crippen LogP contribution in [0.5, 0.6) is 17.2 Å². The standard InChI is InChI=1S/C20H25ClN2O6/c1-25-17-7-13(8-18(26-2)20(17)27-3)16-9-14(22-29-16)11-23(19(24)10-21)12-15-5-4-6-28-15/h7-9,15H,4-6,10-12H2,1-3H3. The lowest BCUT2D eigenvalue weighted by molar-refractivity contribution is -0.130. The number of carbonyl (C=O) groups is 1. The van der Waals surface area contributed by atoms with Gasteiger partial charge < -0.3 is 28.4 Å². The number of benzene rings is 1. The van der Waals surface area contributed by atoms with E-state index < -0.39 is 0 Å². The Kier molecular flexibility index (Phi) is 7.22. The average Bonchev–Trinajstić information content (AvgIpc) is 3.43. The van der Waals surface area contributed by atoms with Crippen molar-refractivity contribution in [3.63, 3.8) is 0 Å². The molecule has 1 unspecified atom stereocenters. The van der Waals surface area contributed by atoms with E-state index in [2.05, 4.69) is 5.16 Å². The first-order valence-electron chi connectivity index (χ1n) is 9.30. The van der Waals surface area contributed by atoms with Gasteiger partial charge in [-0.25, -0.2) is 0 Å². The smallest absolute Gasteiger partial charge is 0.237 e. The fraction of sp³-hybridized carbons (Fsp3) is 0.500. The molecule has 2 aromatic rings. The van der Waals surface area contributed by atoms with Crippen LogP contribution in [-0.2, 0) is 16.1 Å². The molecule has 0 N–H and O–H groups in total. The minimum atomic E-state index is -0.167. The van der Waals surface area contributed by atoms with E-state index in [1.165, 1.54) is 0 Å². The van der Waals surface area contributed by atoms with Crippen molar-refractivity contribution in [1.82, 2.24) is 10.1 Å². The highest BCUT2D eigenvalue weighted by Gasteiger charge is 2.24. The van der Waals surface area contributed by atoms with Crippen LogP contribution in [0.25, 0.3) is 11.3 Å². The highest BCUT2D eigenvalue weighted by atomic mass is 35.5. The van der Waals surface area contributed by atoms with Gasteiger partial charge in [-0.3, -0.25) is 4.79 Å². The molecular formula is C20H25ClN2O6. The molecule has 1 aliphatic rings. The summed E-state index contributed by atoms with van der Waals surface area (Å²) in [6.07, 6.45) is 1.97. The second-order valence-electron chi connectivity index (χ2n) is 6.64. The van der Waals surface area contributed by atoms with Crippen LogP contribution in [-0.4, -0.2) is 62.4 Å². The summed E-state index contributed by atoms with van der Waals surface area (Å²) in [5.74, 6) is 1.78. The molecular weight excluding hydrogens is 400 g/mol. The van der Waals surface area contributed by atoms with Crippen LogP contribution in [0.1, 0.15) is 18.5 Å². The minimum absolute atomic E-state index is 0.0312. The van der Waals surface area contributed by atoms with Crippen LogP contribution < -0.4 is 14.2 Å². The van der Waals surface area contributed by atoms with Crippen LogP contribution >= 0.6 is 11.6 Å². The molecule has 1 atom stereocenters. The highest BCUT2D eigenvalue weighted by molar-refractivity contribution is 6.27. The highest BCUT2D eigenvalue weighted by Crippen LogP contribution is 2.41. The number of halogens is 1. The molecule has 1 saturated heterocycles. The molecule has 29 heavy (non-hydrogen) atoms. The molecule has 9 heteroatoms. The fourth-order valence-electron chi connectivity index (χ4n) is 3.31. The van der Waals surface area contributed by atoms with Crippen molar-refractivity contribution in [2.24, 2.45) is 0 Å². The molecule has 0 saturated carbocycles. The van der Waals surface area contributed by atoms with E-state index in [4.69, 9.17) is 35.1 Å². The lowest BCUT2D eigenvalue weighted by Crippen LogP contribution is -2.37. The first-order valence-corrected chi connectivity index (χ1v) is 9.84. The van der Waals surface area contributed by atoms with Gasteiger partial charge >= 0.3 is 0 Å². The number of hydrogen-bond acceptors (Lipinski definition) is 7. The van der Waals surface area contributed by atoms with E-state index in [0.717, 1.165) is 19.4 Å². The zero-order valence-corrected chi connectivity index (χ0v) is 17.5. The van der Waals surface area contributed by atoms with Gasteiger partial charge in [0.15, 0.2) is 17.3 Å². The SMILES string of the molecule is COc1cc(-c2cc(CN(CC3CCCO3)C(=O)CCl)no2)cc(OC)c1OC. The van der Waals surface area contributed by atoms with Crippen molar-refractivity contribution in [2.75, 3.05) is 40.4 Å². The molecule has 158 valence electrons. The molecule has 1 fully saturated rings. The summed E-state index contributed by atoms with van der Waals surface area (Å²) in [4.78, 5) is 13.9. The van der Waals surface area contributed by atoms with Gasteiger partial charge in [0.2, 0.25) is 11.7 Å². The third-order valence-corrected chi connectivity index (χ3v) is 5.00. The van der Waals surface area contributed by atoms with E-state index in [-0.39, 0.29) is 17.9 Å². The van der Waals surface area contributed by atoms with Gasteiger partial charge in [-0.1, -0.05) is 5.16 Å². The largest absolute Gasteiger partial charge is 0.493 e. The van der Waals surface area contributed by atoms with Gasteiger partial charge in [-0.15, -0.1) is 11.6 Å². The minimum Gasteiger partial charge on any atom is -0.493 e. The van der Waals surface area contributed by atoms with Crippen LogP contribution in [0.2, 0.25) is 0 Å². The average molecular weight is 425 g/mol. The lowest BCUT2D eigenvalue weighted by atomic mass is 10.1. The van der Waals surface area contributed by atoms with Gasteiger partial charge in [0.05, 0.1) is 34.0 Å². The summed E-state index contributed by atoms with van der Waals surface area (Å²) in [5.41, 5.74) is 1.33. The van der Waals surface area contributed by atoms with Gasteiger partial charge in [-0.05, 0) is 25.0 Å². The molecule has 1 aliphatic heterocycles. The van der Waals surface area contributed by atoms with Crippen LogP contribution in [0, 0.1) is 0 Å². The van der Waals surface area contributed by atoms with Crippen molar-refractivity contribution in [3.8, 4) is 28.6 Å². The summed E-state index contributed by atoms with van der Waals surface area (Å²) >= 11 is 5.78. The van der Waals surface area contributed by atoms with E-state index in [9.17, 15) is 4.79 Å². The van der Waals surface area contributed by atoms with Gasteiger partial charge in [0.1, 0.15) is 11.6 Å². The van der Waals surface area contributed by atoms with E-state index in [1.807, 2.05) is 0 Å². The van der Waals surface area contributed by atoms with Crippen LogP contribution in [0.4, 0.5) is 0 Å². The number of rotatable bonds is 9. The Labute approximate surface area is 174 Å². The molecule has 3 rings (SSSR count). The van der Waals surface area contributed by atoms with Crippen LogP contribution in [0.3, 0.4) is 0 Å². The number of nitrogens with zero attached hydrogens (tertiary/aromatic N) is 2. The molecule has 1 aromatic carbocycles. The Morgan fingerprint density at radius 1 is 1.21 bits per heavy atom. The zero-order chi connectivity index (χ0) is 20.8. The summed E-state index contributed by atoms with van der Waals surface area (Å²) in [7, 11) is 4.64. The lowest BCUT2D eigenvalue weighted by Gasteiger charge is -2.23. The maximum Gasteiger partial charge on any atom is 0.237 e. The second kappa shape index (κ2) is 9.84. The second-order valence-corrected chi connectivity index (χ2v) is 6.91. The monoisotopic (exact) mass is 424 g/mol. The van der Waals surface area contributed by atoms with Gasteiger partial charge in [0.25, 0.3) is 0 Å². The van der Waals surface area contributed by atoms with Crippen molar-refractivity contribution in [2.45, 2.75) is 25.5 Å². The van der Waals surface area contributed by atoms with Crippen LogP contribution in [0.15, 0.2) is 22.7 Å². The van der Waals surface area contributed by atoms with Crippen molar-refractivity contribution < 1.29 is 28.3 Å². The third-order valence-electron chi connectivity index (χ3n) is 4.78. The Morgan fingerprint density at radius 3 is 2.48 bits per heavy atom. The Hall–Kier alpha value is -2.45. The Balaban J connectivity index is 1.81. The molecule has 8 nitrogen and oxygen atoms in total. The van der Waals surface area contributed by atoms with E-state index in [1.54, 1.807) is 44.4 Å². The van der Waals surface area contributed by atoms with Gasteiger partial charge in [-0.2, -0.15) is 0 Å². The summed E-state index contributed by atoms with van der Waals surface area (Å²) in [6.45, 7) is 1.50. The molecule has 0 radical (unpaired) electrons. The molecule has 1 amide bonds. The number of carbonyl (C=O) groups excluding carboxylic acids is 1. The van der Waals surface area contributed by atoms with E-state index in [0.29, 0.717) is 47.4 Å². The Bertz CT molecular complexity index is 809. The number of amides is 1. The summed E-state index contributed by atoms with van der Waals surface area (Å²) < 4.78 is 27.3. The number of aromatic nitrogens is 1. The van der Waals surface area contributed by atoms with E-state index >= 15 is 0 Å². The number of alkyl halides is 1. The van der Waals surface area contributed by atoms with Crippen molar-refractivity contribution in [1.29, 1.82) is 0 Å². The third kappa shape index (κ3) is 4.94. The number of ether oxygens (including phenoxy) is 4. The van der Waals surface area contributed by atoms with Crippen molar-refractivity contribution >= 4 is 17.5 Å². The topological polar surface area (TPSA) is 83.3 Å². The quantitative estimate of drug-likeness (QED) is 0.572. The predicted octanol–water partition coefficient (Wildman–Crippen LogP) is 3.11. The summed E-state index contributed by atoms with van der Waals surface area (Å²) in [6, 6.07) is 5.34. The molecule has 2 heterocycles. The first kappa shape index (κ1) is 21.3. The normalized spacial score (nSPS) is 15.9. The number of hydrogen-bond donors (Lipinski definition) is 0. The maximum absolute atomic E-state index is 12.3. The zero-order valence-electron chi connectivity index (χ0n) is 16.8. The fourth-order valence-corrected chi connectivity index (χ4v) is 3.48. The summed E-state index contributed by atoms with van der Waals surface area (Å²) in [5, 5.41) is 4.11. The molecule has 0 bridgehead atoms. The molecule has 1 aromatic heterocycles. The van der Waals surface area contributed by atoms with Crippen molar-refractivity contribution in [3.05, 3.63) is 23.9 Å². The Morgan fingerprint density at radius 2 is 1.93 bits per heavy atom. The molecule has 0 aliphatic carbocycles. The van der Waals surface area contributed by atoms with Gasteiger partial charge in [0, 0.05) is 24.8 Å². The predicted molar refractivity (Wildman–Crippen MR) is 107 cm³/mol. The first-order chi connectivity index (χ1) is 14.1. The molecule has 0 spiro atoms.